The van der Waals surface area contributed by atoms with Crippen molar-refractivity contribution in [2.75, 3.05) is 12.8 Å². The molecule has 0 spiro atoms. The fraction of sp³-hybridized carbons (Fsp3) is 0.609. The van der Waals surface area contributed by atoms with Crippen LogP contribution in [0.2, 0.25) is 0 Å². The van der Waals surface area contributed by atoms with Crippen LogP contribution in [0, 0.1) is 5.82 Å². The predicted octanol–water partition coefficient (Wildman–Crippen LogP) is 4.83. The number of nitrogens with zero attached hydrogens (tertiary/aromatic N) is 2. The van der Waals surface area contributed by atoms with Gasteiger partial charge in [-0.3, -0.25) is 0 Å². The van der Waals surface area contributed by atoms with E-state index in [9.17, 15) is 22.8 Å². The third-order valence-electron chi connectivity index (χ3n) is 4.80. The van der Waals surface area contributed by atoms with Crippen LogP contribution in [0.25, 0.3) is 0 Å². The maximum absolute atomic E-state index is 14.9. The molecule has 0 aliphatic carbocycles. The van der Waals surface area contributed by atoms with E-state index < -0.39 is 59.4 Å². The van der Waals surface area contributed by atoms with Crippen molar-refractivity contribution in [1.29, 1.82) is 0 Å². The van der Waals surface area contributed by atoms with Crippen molar-refractivity contribution in [3.05, 3.63) is 29.6 Å². The predicted molar refractivity (Wildman–Crippen MR) is 122 cm³/mol. The molecule has 1 aliphatic heterocycles. The van der Waals surface area contributed by atoms with Crippen LogP contribution in [0.1, 0.15) is 54.0 Å². The molecule has 2 amide bonds. The fourth-order valence-electron chi connectivity index (χ4n) is 3.43. The number of methoxy groups -OCH3 is 1. The average Bonchev–Trinajstić information content (AvgIpc) is 2.66. The number of anilines is 1. The number of halogens is 3. The molecule has 35 heavy (non-hydrogen) atoms. The molecule has 2 N–H and O–H groups in total. The Balaban J connectivity index is 2.77. The van der Waals surface area contributed by atoms with E-state index in [-0.39, 0.29) is 16.2 Å². The minimum atomic E-state index is -3.17. The van der Waals surface area contributed by atoms with Gasteiger partial charge in [0.05, 0.1) is 0 Å². The summed E-state index contributed by atoms with van der Waals surface area (Å²) in [5, 5.41) is 0. The van der Waals surface area contributed by atoms with E-state index >= 15 is 0 Å². The van der Waals surface area contributed by atoms with E-state index in [1.807, 2.05) is 0 Å². The summed E-state index contributed by atoms with van der Waals surface area (Å²) in [6.07, 6.45) is -9.32. The molecule has 1 heterocycles. The highest BCUT2D eigenvalue weighted by Crippen LogP contribution is 2.41. The van der Waals surface area contributed by atoms with E-state index in [4.69, 9.17) is 24.7 Å². The van der Waals surface area contributed by atoms with Crippen LogP contribution in [-0.4, -0.2) is 60.1 Å². The lowest BCUT2D eigenvalue weighted by molar-refractivity contribution is -0.126. The molecule has 3 atom stereocenters. The van der Waals surface area contributed by atoms with E-state index in [1.54, 1.807) is 0 Å². The molecule has 12 heteroatoms. The van der Waals surface area contributed by atoms with Gasteiger partial charge in [-0.2, -0.15) is 0 Å². The van der Waals surface area contributed by atoms with Crippen molar-refractivity contribution >= 4 is 23.9 Å². The first-order valence-electron chi connectivity index (χ1n) is 10.8. The number of nitrogen functional groups attached to an aromatic ring is 1. The highest BCUT2D eigenvalue weighted by molar-refractivity contribution is 6.06. The second kappa shape index (κ2) is 9.92. The minimum Gasteiger partial charge on any atom is -0.452 e. The largest absolute Gasteiger partial charge is 0.452 e. The van der Waals surface area contributed by atoms with Gasteiger partial charge >= 0.3 is 18.2 Å². The summed E-state index contributed by atoms with van der Waals surface area (Å²) >= 11 is 0. The average molecular weight is 504 g/mol. The number of ether oxygens (including phenoxy) is 4. The molecule has 9 nitrogen and oxygen atoms in total. The van der Waals surface area contributed by atoms with Crippen LogP contribution in [0.15, 0.2) is 23.2 Å². The SMILES string of the molecule is CO[C@H]1[C@@H](C(F)F)OC(N(C(=O)OC(C)(C)C)C(=O)OC(C)(C)C)=N[C@]1(C)c1cc(N)ccc1F. The van der Waals surface area contributed by atoms with Crippen molar-refractivity contribution in [1.82, 2.24) is 4.90 Å². The Kier molecular flexibility index (Phi) is 8.00. The van der Waals surface area contributed by atoms with Crippen LogP contribution in [0.4, 0.5) is 28.4 Å². The normalized spacial score (nSPS) is 22.8. The summed E-state index contributed by atoms with van der Waals surface area (Å²) in [6, 6.07) is 2.68. The van der Waals surface area contributed by atoms with E-state index in [0.29, 0.717) is 0 Å². The standard InChI is InChI=1S/C23H32F3N3O6/c1-21(2,3)34-19(30)29(20(31)35-22(4,5)6)18-28-23(7,13-11-12(27)9-10-14(13)24)16(32-8)15(33-18)17(25)26/h9-11,15-17H,27H2,1-8H3/t15-,16-,23+/m0/s1. The van der Waals surface area contributed by atoms with Crippen molar-refractivity contribution in [3.8, 4) is 0 Å². The molecule has 0 unspecified atom stereocenters. The first kappa shape index (κ1) is 28.2. The van der Waals surface area contributed by atoms with Crippen molar-refractivity contribution in [2.45, 2.75) is 83.8 Å². The summed E-state index contributed by atoms with van der Waals surface area (Å²) in [7, 11) is 1.13. The molecule has 1 aliphatic rings. The number of amidine groups is 1. The van der Waals surface area contributed by atoms with Gasteiger partial charge in [-0.1, -0.05) is 0 Å². The van der Waals surface area contributed by atoms with E-state index in [2.05, 4.69) is 4.99 Å². The zero-order valence-electron chi connectivity index (χ0n) is 21.0. The van der Waals surface area contributed by atoms with Gasteiger partial charge in [-0.25, -0.2) is 27.8 Å². The Morgan fingerprint density at radius 1 is 1.11 bits per heavy atom. The highest BCUT2D eigenvalue weighted by Gasteiger charge is 2.54. The molecular weight excluding hydrogens is 471 g/mol. The number of amides is 2. The lowest BCUT2D eigenvalue weighted by Gasteiger charge is -2.43. The number of hydrogen-bond acceptors (Lipinski definition) is 8. The summed E-state index contributed by atoms with van der Waals surface area (Å²) in [4.78, 5) is 30.5. The third kappa shape index (κ3) is 6.56. The number of carbonyl (C=O) groups excluding carboxylic acids is 2. The van der Waals surface area contributed by atoms with E-state index in [1.165, 1.54) is 60.6 Å². The fourth-order valence-corrected chi connectivity index (χ4v) is 3.43. The Hall–Kier alpha value is -3.02. The smallest absolute Gasteiger partial charge is 0.428 e. The number of hydrogen-bond donors (Lipinski definition) is 1. The first-order chi connectivity index (χ1) is 15.9. The van der Waals surface area contributed by atoms with Gasteiger partial charge in [0.25, 0.3) is 6.43 Å². The molecule has 0 fully saturated rings. The number of nitrogens with two attached hydrogens (primary N) is 1. The number of carbonyl (C=O) groups is 2. The van der Waals surface area contributed by atoms with Crippen LogP contribution in [-0.2, 0) is 24.5 Å². The quantitative estimate of drug-likeness (QED) is 0.588. The number of benzene rings is 1. The lowest BCUT2D eigenvalue weighted by atomic mass is 9.82. The van der Waals surface area contributed by atoms with Crippen LogP contribution in [0.3, 0.4) is 0 Å². The molecule has 0 aromatic heterocycles. The Morgan fingerprint density at radius 3 is 2.06 bits per heavy atom. The topological polar surface area (TPSA) is 113 Å². The minimum absolute atomic E-state index is 0.130. The summed E-state index contributed by atoms with van der Waals surface area (Å²) in [5.41, 5.74) is 1.69. The zero-order valence-corrected chi connectivity index (χ0v) is 21.0. The molecule has 0 radical (unpaired) electrons. The van der Waals surface area contributed by atoms with Crippen molar-refractivity contribution in [3.63, 3.8) is 0 Å². The molecule has 1 aromatic rings. The van der Waals surface area contributed by atoms with Gasteiger partial charge in [0.15, 0.2) is 6.10 Å². The molecular formula is C23H32F3N3O6. The van der Waals surface area contributed by atoms with E-state index in [0.717, 1.165) is 13.2 Å². The van der Waals surface area contributed by atoms with Crippen LogP contribution in [0.5, 0.6) is 0 Å². The Morgan fingerprint density at radius 2 is 1.63 bits per heavy atom. The van der Waals surface area contributed by atoms with Crippen molar-refractivity contribution < 1.29 is 41.7 Å². The maximum atomic E-state index is 14.9. The first-order valence-corrected chi connectivity index (χ1v) is 10.8. The number of aliphatic imine (C=N–C) groups is 1. The second-order valence-corrected chi connectivity index (χ2v) is 10.2. The molecule has 196 valence electrons. The van der Waals surface area contributed by atoms with Gasteiger partial charge in [0, 0.05) is 18.4 Å². The van der Waals surface area contributed by atoms with Gasteiger partial charge in [0.2, 0.25) is 0 Å². The molecule has 0 saturated carbocycles. The second-order valence-electron chi connectivity index (χ2n) is 10.2. The summed E-state index contributed by atoms with van der Waals surface area (Å²) < 4.78 is 64.3. The van der Waals surface area contributed by atoms with Crippen LogP contribution < -0.4 is 5.73 Å². The van der Waals surface area contributed by atoms with Gasteiger partial charge in [0.1, 0.15) is 28.7 Å². The number of alkyl halides is 2. The third-order valence-corrected chi connectivity index (χ3v) is 4.80. The molecule has 0 saturated heterocycles. The maximum Gasteiger partial charge on any atom is 0.428 e. The Bertz CT molecular complexity index is 962. The number of rotatable bonds is 3. The number of imide groups is 1. The molecule has 0 bridgehead atoms. The molecule has 2 rings (SSSR count). The Labute approximate surface area is 202 Å². The van der Waals surface area contributed by atoms with Gasteiger partial charge in [-0.05, 0) is 66.7 Å². The van der Waals surface area contributed by atoms with Crippen LogP contribution >= 0.6 is 0 Å². The highest BCUT2D eigenvalue weighted by atomic mass is 19.3. The van der Waals surface area contributed by atoms with Crippen molar-refractivity contribution in [2.24, 2.45) is 4.99 Å². The lowest BCUT2D eigenvalue weighted by Crippen LogP contribution is -2.58. The van der Waals surface area contributed by atoms with Gasteiger partial charge < -0.3 is 24.7 Å². The summed E-state index contributed by atoms with van der Waals surface area (Å²) in [5.74, 6) is -0.817. The zero-order chi connectivity index (χ0) is 26.9. The van der Waals surface area contributed by atoms with Gasteiger partial charge in [-0.15, -0.1) is 4.90 Å². The molecule has 1 aromatic carbocycles. The monoisotopic (exact) mass is 503 g/mol. The summed E-state index contributed by atoms with van der Waals surface area (Å²) in [6.45, 7) is 10.5.